The zero-order chi connectivity index (χ0) is 20.0. The summed E-state index contributed by atoms with van der Waals surface area (Å²) in [5.74, 6) is 10.8. The summed E-state index contributed by atoms with van der Waals surface area (Å²) < 4.78 is 11.1. The molecular weight excluding hydrogens is 356 g/mol. The van der Waals surface area contributed by atoms with Gasteiger partial charge in [0.25, 0.3) is 5.56 Å². The topological polar surface area (TPSA) is 166 Å². The van der Waals surface area contributed by atoms with Gasteiger partial charge in [-0.3, -0.25) is 9.59 Å². The first-order chi connectivity index (χ1) is 12.9. The molecule has 142 valence electrons. The molecule has 12 heteroatoms. The second-order valence-corrected chi connectivity index (χ2v) is 5.02. The van der Waals surface area contributed by atoms with Crippen molar-refractivity contribution >= 4 is 0 Å². The van der Waals surface area contributed by atoms with E-state index in [1.165, 1.54) is 21.1 Å². The number of benzene rings is 1. The standard InChI is InChI=1S/C10H10N4O2.C5H8N4O2/c1-16-10-13-12-8(9(15)14(10)11)7-5-3-2-4-6-7;1-3-4(10)9(6)5(11-2)8-7-3/h2-6H,11H2,1H3;6H2,1-2H3. The van der Waals surface area contributed by atoms with Crippen LogP contribution in [-0.4, -0.2) is 44.0 Å². The van der Waals surface area contributed by atoms with Gasteiger partial charge in [-0.25, -0.2) is 0 Å². The van der Waals surface area contributed by atoms with Gasteiger partial charge < -0.3 is 21.2 Å². The highest BCUT2D eigenvalue weighted by molar-refractivity contribution is 5.57. The van der Waals surface area contributed by atoms with E-state index in [1.807, 2.05) is 18.2 Å². The van der Waals surface area contributed by atoms with Crippen molar-refractivity contribution in [3.05, 3.63) is 56.7 Å². The fraction of sp³-hybridized carbons (Fsp3) is 0.200. The molecule has 1 aromatic carbocycles. The predicted molar refractivity (Wildman–Crippen MR) is 96.2 cm³/mol. The molecule has 2 aromatic heterocycles. The monoisotopic (exact) mass is 374 g/mol. The Balaban J connectivity index is 0.000000208. The Bertz CT molecular complexity index is 1030. The lowest BCUT2D eigenvalue weighted by atomic mass is 10.2. The van der Waals surface area contributed by atoms with Crippen molar-refractivity contribution in [1.82, 2.24) is 29.7 Å². The van der Waals surface area contributed by atoms with E-state index in [2.05, 4.69) is 25.1 Å². The van der Waals surface area contributed by atoms with Gasteiger partial charge in [0.2, 0.25) is 0 Å². The van der Waals surface area contributed by atoms with Crippen LogP contribution in [0.3, 0.4) is 0 Å². The van der Waals surface area contributed by atoms with Gasteiger partial charge in [-0.1, -0.05) is 40.5 Å². The van der Waals surface area contributed by atoms with Crippen molar-refractivity contribution in [2.75, 3.05) is 25.9 Å². The van der Waals surface area contributed by atoms with Crippen molar-refractivity contribution in [3.63, 3.8) is 0 Å². The molecule has 0 aliphatic heterocycles. The maximum Gasteiger partial charge on any atom is 0.337 e. The quantitative estimate of drug-likeness (QED) is 0.526. The predicted octanol–water partition coefficient (Wildman–Crippen LogP) is -1.30. The molecule has 0 saturated carbocycles. The summed E-state index contributed by atoms with van der Waals surface area (Å²) >= 11 is 0. The van der Waals surface area contributed by atoms with Gasteiger partial charge >= 0.3 is 17.6 Å². The van der Waals surface area contributed by atoms with E-state index < -0.39 is 11.1 Å². The molecule has 27 heavy (non-hydrogen) atoms. The van der Waals surface area contributed by atoms with E-state index in [0.717, 1.165) is 9.35 Å². The molecule has 4 N–H and O–H groups in total. The average Bonchev–Trinajstić information content (AvgIpc) is 2.69. The molecular formula is C15H18N8O4. The van der Waals surface area contributed by atoms with E-state index in [1.54, 1.807) is 12.1 Å². The zero-order valence-electron chi connectivity index (χ0n) is 14.9. The first-order valence-electron chi connectivity index (χ1n) is 7.50. The highest BCUT2D eigenvalue weighted by Crippen LogP contribution is 2.11. The lowest BCUT2D eigenvalue weighted by molar-refractivity contribution is 0.353. The lowest BCUT2D eigenvalue weighted by Gasteiger charge is -2.05. The lowest BCUT2D eigenvalue weighted by Crippen LogP contribution is -2.31. The van der Waals surface area contributed by atoms with Gasteiger partial charge in [-0.05, 0) is 6.92 Å². The summed E-state index contributed by atoms with van der Waals surface area (Å²) in [4.78, 5) is 22.8. The molecule has 0 aliphatic rings. The van der Waals surface area contributed by atoms with Gasteiger partial charge in [0.15, 0.2) is 5.69 Å². The smallest absolute Gasteiger partial charge is 0.337 e. The fourth-order valence-corrected chi connectivity index (χ4v) is 1.91. The van der Waals surface area contributed by atoms with Crippen LogP contribution in [-0.2, 0) is 0 Å². The number of hydrogen-bond donors (Lipinski definition) is 2. The number of nitrogens with zero attached hydrogens (tertiary/aromatic N) is 6. The van der Waals surface area contributed by atoms with Crippen molar-refractivity contribution < 1.29 is 9.47 Å². The van der Waals surface area contributed by atoms with Crippen LogP contribution in [0.5, 0.6) is 12.0 Å². The number of aryl methyl sites for hydroxylation is 1. The molecule has 0 fully saturated rings. The summed E-state index contributed by atoms with van der Waals surface area (Å²) in [6.07, 6.45) is 0. The van der Waals surface area contributed by atoms with Crippen molar-refractivity contribution in [1.29, 1.82) is 0 Å². The molecule has 0 radical (unpaired) electrons. The third-order valence-corrected chi connectivity index (χ3v) is 3.30. The second kappa shape index (κ2) is 8.42. The summed E-state index contributed by atoms with van der Waals surface area (Å²) in [5, 5.41) is 14.5. The Kier molecular flexibility index (Phi) is 6.04. The van der Waals surface area contributed by atoms with Gasteiger partial charge in [0.1, 0.15) is 5.69 Å². The van der Waals surface area contributed by atoms with Crippen molar-refractivity contribution in [2.45, 2.75) is 6.92 Å². The third-order valence-electron chi connectivity index (χ3n) is 3.30. The molecule has 0 saturated heterocycles. The van der Waals surface area contributed by atoms with Crippen molar-refractivity contribution in [2.24, 2.45) is 0 Å². The first kappa shape index (κ1) is 19.4. The van der Waals surface area contributed by atoms with E-state index in [9.17, 15) is 9.59 Å². The van der Waals surface area contributed by atoms with Crippen LogP contribution in [0.15, 0.2) is 39.9 Å². The van der Waals surface area contributed by atoms with Crippen LogP contribution in [0.4, 0.5) is 0 Å². The van der Waals surface area contributed by atoms with Crippen LogP contribution in [0, 0.1) is 6.92 Å². The SMILES string of the molecule is COc1nnc(-c2ccccc2)c(=O)n1N.COc1nnc(C)c(=O)n1N. The number of ether oxygens (including phenoxy) is 2. The Morgan fingerprint density at radius 2 is 1.33 bits per heavy atom. The molecule has 0 atom stereocenters. The number of nitrogens with two attached hydrogens (primary N) is 2. The van der Waals surface area contributed by atoms with Gasteiger partial charge in [-0.2, -0.15) is 9.35 Å². The highest BCUT2D eigenvalue weighted by atomic mass is 16.5. The van der Waals surface area contributed by atoms with Gasteiger partial charge in [-0.15, -0.1) is 10.2 Å². The molecule has 3 aromatic rings. The first-order valence-corrected chi connectivity index (χ1v) is 7.50. The Morgan fingerprint density at radius 1 is 0.815 bits per heavy atom. The Morgan fingerprint density at radius 3 is 1.89 bits per heavy atom. The van der Waals surface area contributed by atoms with Crippen LogP contribution in [0.2, 0.25) is 0 Å². The zero-order valence-corrected chi connectivity index (χ0v) is 14.9. The van der Waals surface area contributed by atoms with E-state index in [0.29, 0.717) is 5.56 Å². The van der Waals surface area contributed by atoms with E-state index >= 15 is 0 Å². The number of hydrogen-bond acceptors (Lipinski definition) is 10. The molecule has 0 amide bonds. The Labute approximate surface area is 152 Å². The van der Waals surface area contributed by atoms with Gasteiger partial charge in [0, 0.05) is 5.56 Å². The summed E-state index contributed by atoms with van der Waals surface area (Å²) in [6.45, 7) is 1.53. The van der Waals surface area contributed by atoms with Crippen LogP contribution < -0.4 is 32.3 Å². The average molecular weight is 374 g/mol. The molecule has 0 aliphatic carbocycles. The minimum atomic E-state index is -0.446. The number of nitrogen functional groups attached to an aromatic ring is 2. The van der Waals surface area contributed by atoms with Gasteiger partial charge in [0.05, 0.1) is 14.2 Å². The molecule has 2 heterocycles. The van der Waals surface area contributed by atoms with Crippen LogP contribution >= 0.6 is 0 Å². The summed E-state index contributed by atoms with van der Waals surface area (Å²) in [5.41, 5.74) is 0.258. The fourth-order valence-electron chi connectivity index (χ4n) is 1.91. The van der Waals surface area contributed by atoms with E-state index in [4.69, 9.17) is 16.4 Å². The molecule has 3 rings (SSSR count). The van der Waals surface area contributed by atoms with Crippen LogP contribution in [0.25, 0.3) is 11.3 Å². The minimum Gasteiger partial charge on any atom is -0.466 e. The molecule has 0 spiro atoms. The number of rotatable bonds is 3. The van der Waals surface area contributed by atoms with Crippen molar-refractivity contribution in [3.8, 4) is 23.3 Å². The highest BCUT2D eigenvalue weighted by Gasteiger charge is 2.11. The molecule has 12 nitrogen and oxygen atoms in total. The van der Waals surface area contributed by atoms with Crippen LogP contribution in [0.1, 0.15) is 5.69 Å². The molecule has 0 bridgehead atoms. The number of aromatic nitrogens is 6. The Hall–Kier alpha value is -3.96. The maximum atomic E-state index is 11.8. The number of methoxy groups -OCH3 is 2. The minimum absolute atomic E-state index is 0.000556. The summed E-state index contributed by atoms with van der Waals surface area (Å²) in [6, 6.07) is 8.96. The van der Waals surface area contributed by atoms with E-state index in [-0.39, 0.29) is 23.4 Å². The molecule has 0 unspecified atom stereocenters. The summed E-state index contributed by atoms with van der Waals surface area (Å²) in [7, 11) is 2.73. The third kappa shape index (κ3) is 4.18. The largest absolute Gasteiger partial charge is 0.466 e. The maximum absolute atomic E-state index is 11.8. The second-order valence-electron chi connectivity index (χ2n) is 5.02. The normalized spacial score (nSPS) is 9.89.